The van der Waals surface area contributed by atoms with Crippen molar-refractivity contribution in [2.24, 2.45) is 23.7 Å². The van der Waals surface area contributed by atoms with Gasteiger partial charge in [-0.05, 0) is 95.2 Å². The monoisotopic (exact) mass is 1160 g/mol. The van der Waals surface area contributed by atoms with Crippen LogP contribution < -0.4 is 21.3 Å². The van der Waals surface area contributed by atoms with Crippen molar-refractivity contribution in [3.05, 3.63) is 83.9 Å². The van der Waals surface area contributed by atoms with Crippen LogP contribution in [-0.4, -0.2) is 203 Å². The van der Waals surface area contributed by atoms with Gasteiger partial charge in [0.05, 0.1) is 24.2 Å². The van der Waals surface area contributed by atoms with E-state index < -0.39 is 122 Å². The topological polar surface area (TPSA) is 279 Å². The molecule has 6 N–H and O–H groups in total. The molecule has 6 atom stereocenters. The first kappa shape index (κ1) is 66.5. The molecule has 0 spiro atoms. The van der Waals surface area contributed by atoms with E-state index in [1.165, 1.54) is 76.4 Å². The average molecular weight is 1160 g/mol. The molecule has 4 aromatic rings. The molecule has 1 heterocycles. The third-order valence-electron chi connectivity index (χ3n) is 15.2. The number of phenols is 2. The summed E-state index contributed by atoms with van der Waals surface area (Å²) in [5.74, 6) is -9.02. The molecule has 0 saturated carbocycles. The number of nitrogens with zero attached hydrogens (tertiary/aromatic N) is 6. The second-order valence-corrected chi connectivity index (χ2v) is 23.9. The summed E-state index contributed by atoms with van der Waals surface area (Å²) in [6.45, 7) is 12.4. The Morgan fingerprint density at radius 2 is 0.738 bits per heavy atom. The van der Waals surface area contributed by atoms with Crippen LogP contribution in [0.3, 0.4) is 0 Å². The van der Waals surface area contributed by atoms with Crippen LogP contribution >= 0.6 is 0 Å². The van der Waals surface area contributed by atoms with Crippen molar-refractivity contribution < 1.29 is 58.2 Å². The van der Waals surface area contributed by atoms with Gasteiger partial charge in [-0.25, -0.2) is 0 Å². The molecule has 1 aliphatic rings. The fraction of sp³-hybridized carbons (Fsp3) is 0.516. The molecule has 1 aliphatic heterocycles. The largest absolute Gasteiger partial charge is 0.507 e. The summed E-state index contributed by atoms with van der Waals surface area (Å²) in [5.41, 5.74) is -0.351. The third-order valence-corrected chi connectivity index (χ3v) is 15.2. The molecule has 0 radical (unpaired) electrons. The maximum absolute atomic E-state index is 15.0. The van der Waals surface area contributed by atoms with Gasteiger partial charge in [0.1, 0.15) is 47.8 Å². The number of carbonyl (C=O) groups is 10. The number of hydrogen-bond donors (Lipinski definition) is 6. The van der Waals surface area contributed by atoms with Crippen LogP contribution in [0, 0.1) is 23.7 Å². The Morgan fingerprint density at radius 3 is 1.04 bits per heavy atom. The summed E-state index contributed by atoms with van der Waals surface area (Å²) in [5, 5.41) is 35.5. The lowest BCUT2D eigenvalue weighted by molar-refractivity contribution is -0.149. The molecule has 1 fully saturated rings. The molecule has 0 bridgehead atoms. The lowest BCUT2D eigenvalue weighted by Gasteiger charge is -2.36. The standard InChI is InChI=1S/C62H86N10O12/c1-35(2)23-47-57(79)63-31-45(65-55(77)43-27-39-19-15-17-21-41(39)29-51(43)73)59(81)71(13)50(26-38(7)8)62(84)68(10)34-54(76)70(12)48(24-36(3)4)58(80)64-32-46(66-56(78)44-28-40-20-16-18-22-42(40)30-52(44)74)60(82)72(14)49(25-37(5)6)61(83)67(9)33-53(75)69(47)11/h15-22,27-30,35-38,45-50,73-74H,23-26,31-34H2,1-14H3,(H,63,79)(H,64,80)(H,65,77)(H,66,78)/t45-,46-,47-,48-,49-,50-/m0/s1. The van der Waals surface area contributed by atoms with E-state index in [0.29, 0.717) is 21.5 Å². The van der Waals surface area contributed by atoms with Gasteiger partial charge in [0.2, 0.25) is 47.3 Å². The number of phenolic OH excluding ortho intramolecular Hbond substituents is 2. The quantitative estimate of drug-likeness (QED) is 0.118. The highest BCUT2D eigenvalue weighted by molar-refractivity contribution is 6.05. The van der Waals surface area contributed by atoms with E-state index in [-0.39, 0.29) is 72.0 Å². The lowest BCUT2D eigenvalue weighted by Crippen LogP contribution is -2.60. The van der Waals surface area contributed by atoms with Crippen molar-refractivity contribution in [2.45, 2.75) is 117 Å². The van der Waals surface area contributed by atoms with E-state index in [9.17, 15) is 58.2 Å². The summed E-state index contributed by atoms with van der Waals surface area (Å²) < 4.78 is 0. The van der Waals surface area contributed by atoms with Gasteiger partial charge >= 0.3 is 0 Å². The molecule has 22 heteroatoms. The van der Waals surface area contributed by atoms with Crippen molar-refractivity contribution >= 4 is 80.6 Å². The number of benzene rings is 4. The minimum atomic E-state index is -1.58. The molecule has 22 nitrogen and oxygen atoms in total. The Hall–Kier alpha value is -8.30. The van der Waals surface area contributed by atoms with Gasteiger partial charge < -0.3 is 60.9 Å². The molecule has 0 aromatic heterocycles. The van der Waals surface area contributed by atoms with Gasteiger partial charge in [-0.3, -0.25) is 47.9 Å². The first-order chi connectivity index (χ1) is 39.4. The Morgan fingerprint density at radius 1 is 0.452 bits per heavy atom. The van der Waals surface area contributed by atoms with Gasteiger partial charge in [-0.15, -0.1) is 0 Å². The molecule has 1 saturated heterocycles. The zero-order chi connectivity index (χ0) is 62.6. The van der Waals surface area contributed by atoms with E-state index in [1.807, 2.05) is 55.4 Å². The van der Waals surface area contributed by atoms with Crippen LogP contribution in [0.5, 0.6) is 11.5 Å². The molecule has 456 valence electrons. The Labute approximate surface area is 492 Å². The molecular formula is C62H86N10O12. The Bertz CT molecular complexity index is 2890. The molecule has 84 heavy (non-hydrogen) atoms. The SMILES string of the molecule is CC(C)C[C@H]1C(=O)NC[C@H](NC(=O)c2cc3ccccc3cc2O)C(=O)N(C)[C@@H](CC(C)C)C(=O)N(C)CC(=O)N(C)[C@@H](CC(C)C)C(=O)NC[C@H](NC(=O)c2cc3ccccc3cc2O)C(=O)N(C)[C@@H](CC(C)C)C(=O)N(C)CC(=O)N1C. The van der Waals surface area contributed by atoms with E-state index in [0.717, 1.165) is 19.6 Å². The number of nitrogens with one attached hydrogen (secondary N) is 4. The van der Waals surface area contributed by atoms with Gasteiger partial charge in [-0.2, -0.15) is 0 Å². The van der Waals surface area contributed by atoms with E-state index >= 15 is 0 Å². The average Bonchev–Trinajstić information content (AvgIpc) is 3.00. The molecule has 5 rings (SSSR count). The molecular weight excluding hydrogens is 1080 g/mol. The van der Waals surface area contributed by atoms with Crippen molar-refractivity contribution in [1.29, 1.82) is 0 Å². The van der Waals surface area contributed by atoms with Gasteiger partial charge in [0, 0.05) is 55.4 Å². The fourth-order valence-electron chi connectivity index (χ4n) is 10.3. The molecule has 10 amide bonds. The van der Waals surface area contributed by atoms with Crippen LogP contribution in [0.15, 0.2) is 72.8 Å². The van der Waals surface area contributed by atoms with Crippen molar-refractivity contribution in [3.8, 4) is 11.5 Å². The first-order valence-corrected chi connectivity index (χ1v) is 28.6. The number of carbonyl (C=O) groups excluding carboxylic acids is 10. The minimum absolute atomic E-state index is 0.0803. The zero-order valence-corrected chi connectivity index (χ0v) is 51.0. The van der Waals surface area contributed by atoms with Crippen molar-refractivity contribution in [2.75, 3.05) is 68.5 Å². The number of fused-ring (bicyclic) bond motifs is 2. The lowest BCUT2D eigenvalue weighted by atomic mass is 9.99. The number of hydrogen-bond acceptors (Lipinski definition) is 12. The second-order valence-electron chi connectivity index (χ2n) is 23.9. The Balaban J connectivity index is 1.60. The van der Waals surface area contributed by atoms with Crippen LogP contribution in [0.1, 0.15) is 102 Å². The summed E-state index contributed by atoms with van der Waals surface area (Å²) in [6, 6.07) is 11.7. The number of aromatic hydroxyl groups is 2. The summed E-state index contributed by atoms with van der Waals surface area (Å²) in [6.07, 6.45) is 0.381. The number of likely N-dealkylation sites (N-methyl/N-ethyl adjacent to an activating group) is 6. The van der Waals surface area contributed by atoms with Crippen LogP contribution in [0.4, 0.5) is 0 Å². The fourth-order valence-corrected chi connectivity index (χ4v) is 10.3. The van der Waals surface area contributed by atoms with Gasteiger partial charge in [0.25, 0.3) is 11.8 Å². The highest BCUT2D eigenvalue weighted by atomic mass is 16.3. The van der Waals surface area contributed by atoms with E-state index in [4.69, 9.17) is 0 Å². The maximum atomic E-state index is 15.0. The van der Waals surface area contributed by atoms with Crippen molar-refractivity contribution in [3.63, 3.8) is 0 Å². The van der Waals surface area contributed by atoms with Crippen LogP contribution in [-0.2, 0) is 38.4 Å². The zero-order valence-electron chi connectivity index (χ0n) is 51.0. The van der Waals surface area contributed by atoms with E-state index in [1.54, 1.807) is 48.5 Å². The summed E-state index contributed by atoms with van der Waals surface area (Å²) in [4.78, 5) is 152. The third kappa shape index (κ3) is 16.9. The highest BCUT2D eigenvalue weighted by Gasteiger charge is 2.40. The molecule has 4 aromatic carbocycles. The highest BCUT2D eigenvalue weighted by Crippen LogP contribution is 2.28. The first-order valence-electron chi connectivity index (χ1n) is 28.6. The maximum Gasteiger partial charge on any atom is 0.255 e. The Kier molecular flexibility index (Phi) is 23.2. The predicted molar refractivity (Wildman–Crippen MR) is 319 cm³/mol. The summed E-state index contributed by atoms with van der Waals surface area (Å²) in [7, 11) is 8.26. The second kappa shape index (κ2) is 29.3. The minimum Gasteiger partial charge on any atom is -0.507 e. The van der Waals surface area contributed by atoms with Crippen LogP contribution in [0.2, 0.25) is 0 Å². The normalized spacial score (nSPS) is 21.4. The van der Waals surface area contributed by atoms with Crippen LogP contribution in [0.25, 0.3) is 21.5 Å². The van der Waals surface area contributed by atoms with E-state index in [2.05, 4.69) is 21.3 Å². The summed E-state index contributed by atoms with van der Waals surface area (Å²) >= 11 is 0. The number of rotatable bonds is 12. The van der Waals surface area contributed by atoms with Crippen molar-refractivity contribution in [1.82, 2.24) is 50.7 Å². The van der Waals surface area contributed by atoms with Gasteiger partial charge in [-0.1, -0.05) is 104 Å². The number of amides is 10. The van der Waals surface area contributed by atoms with Gasteiger partial charge in [0.15, 0.2) is 0 Å². The molecule has 0 aliphatic carbocycles. The molecule has 0 unspecified atom stereocenters. The predicted octanol–water partition coefficient (Wildman–Crippen LogP) is 3.96. The smallest absolute Gasteiger partial charge is 0.255 e.